The monoisotopic (exact) mass is 428 g/mol. The predicted octanol–water partition coefficient (Wildman–Crippen LogP) is 1.31. The predicted molar refractivity (Wildman–Crippen MR) is 111 cm³/mol. The highest BCUT2D eigenvalue weighted by Gasteiger charge is 2.32. The van der Waals surface area contributed by atoms with Crippen LogP contribution >= 0.6 is 0 Å². The second-order valence-corrected chi connectivity index (χ2v) is 7.95. The molecule has 0 spiro atoms. The molecule has 10 heteroatoms. The second-order valence-electron chi connectivity index (χ2n) is 7.95. The van der Waals surface area contributed by atoms with E-state index in [0.717, 1.165) is 16.8 Å². The molecular formula is C21H25FN6O3. The lowest BCUT2D eigenvalue weighted by Crippen LogP contribution is -2.58. The molecule has 31 heavy (non-hydrogen) atoms. The summed E-state index contributed by atoms with van der Waals surface area (Å²) in [6.45, 7) is 5.24. The first-order chi connectivity index (χ1) is 14.8. The Morgan fingerprint density at radius 2 is 2.10 bits per heavy atom. The van der Waals surface area contributed by atoms with Gasteiger partial charge in [-0.3, -0.25) is 14.5 Å². The van der Waals surface area contributed by atoms with Crippen LogP contribution in [0.2, 0.25) is 0 Å². The molecule has 1 saturated heterocycles. The lowest BCUT2D eigenvalue weighted by Gasteiger charge is -2.38. The van der Waals surface area contributed by atoms with Crippen molar-refractivity contribution in [2.45, 2.75) is 32.9 Å². The molecule has 2 amide bonds. The minimum Gasteiger partial charge on any atom is -0.358 e. The van der Waals surface area contributed by atoms with Crippen LogP contribution in [0.25, 0.3) is 10.9 Å². The third-order valence-corrected chi connectivity index (χ3v) is 5.89. The summed E-state index contributed by atoms with van der Waals surface area (Å²) >= 11 is 0. The number of nitrogens with zero attached hydrogens (tertiary/aromatic N) is 4. The largest absolute Gasteiger partial charge is 0.358 e. The van der Waals surface area contributed by atoms with Crippen LogP contribution in [-0.4, -0.2) is 69.6 Å². The van der Waals surface area contributed by atoms with Gasteiger partial charge >= 0.3 is 0 Å². The summed E-state index contributed by atoms with van der Waals surface area (Å²) in [6.07, 6.45) is 0.150. The molecule has 164 valence electrons. The normalized spacial score (nSPS) is 17.3. The first-order valence-electron chi connectivity index (χ1n) is 10.1. The molecule has 4 rings (SSSR count). The number of rotatable bonds is 5. The Bertz CT molecular complexity index is 1120. The number of hydrogen-bond acceptors (Lipinski definition) is 6. The van der Waals surface area contributed by atoms with Crippen molar-refractivity contribution in [1.82, 2.24) is 30.4 Å². The molecule has 1 aliphatic heterocycles. The summed E-state index contributed by atoms with van der Waals surface area (Å²) in [6, 6.07) is 4.04. The maximum Gasteiger partial charge on any atom is 0.239 e. The van der Waals surface area contributed by atoms with Crippen LogP contribution in [0.4, 0.5) is 4.39 Å². The third-order valence-electron chi connectivity index (χ3n) is 5.89. The summed E-state index contributed by atoms with van der Waals surface area (Å²) in [5, 5.41) is 11.0. The molecule has 3 aromatic rings. The van der Waals surface area contributed by atoms with Crippen LogP contribution in [0, 0.1) is 19.7 Å². The number of amides is 2. The van der Waals surface area contributed by atoms with E-state index >= 15 is 0 Å². The van der Waals surface area contributed by atoms with Gasteiger partial charge in [0.15, 0.2) is 0 Å². The van der Waals surface area contributed by atoms with Crippen molar-refractivity contribution in [1.29, 1.82) is 0 Å². The van der Waals surface area contributed by atoms with E-state index in [1.165, 1.54) is 12.1 Å². The highest BCUT2D eigenvalue weighted by atomic mass is 19.1. The number of likely N-dealkylation sites (N-methyl/N-ethyl adjacent to an activating group) is 1. The zero-order valence-electron chi connectivity index (χ0n) is 17.7. The smallest absolute Gasteiger partial charge is 0.239 e. The topological polar surface area (TPSA) is 107 Å². The molecule has 0 saturated carbocycles. The molecular weight excluding hydrogens is 403 g/mol. The van der Waals surface area contributed by atoms with E-state index in [-0.39, 0.29) is 37.1 Å². The van der Waals surface area contributed by atoms with Gasteiger partial charge in [0, 0.05) is 36.2 Å². The molecule has 9 nitrogen and oxygen atoms in total. The van der Waals surface area contributed by atoms with E-state index in [2.05, 4.69) is 25.2 Å². The molecule has 1 fully saturated rings. The molecule has 0 unspecified atom stereocenters. The number of carbonyl (C=O) groups excluding carboxylic acids is 2. The van der Waals surface area contributed by atoms with Gasteiger partial charge < -0.3 is 15.2 Å². The Morgan fingerprint density at radius 1 is 1.29 bits per heavy atom. The SMILES string of the molecule is Cc1nonc1CNC(=O)[C@H]1CN(C(=O)Cc2c(C)[nH]c3ccc(F)cc23)CCN1C. The summed E-state index contributed by atoms with van der Waals surface area (Å²) in [4.78, 5) is 32.6. The van der Waals surface area contributed by atoms with Gasteiger partial charge in [-0.2, -0.15) is 0 Å². The Hall–Kier alpha value is -3.27. The number of halogens is 1. The van der Waals surface area contributed by atoms with Crippen molar-refractivity contribution in [3.63, 3.8) is 0 Å². The number of carbonyl (C=O) groups is 2. The van der Waals surface area contributed by atoms with E-state index in [4.69, 9.17) is 0 Å². The molecule has 2 N–H and O–H groups in total. The van der Waals surface area contributed by atoms with E-state index in [0.29, 0.717) is 29.9 Å². The van der Waals surface area contributed by atoms with Crippen LogP contribution in [0.1, 0.15) is 22.6 Å². The summed E-state index contributed by atoms with van der Waals surface area (Å²) < 4.78 is 18.4. The molecule has 1 atom stereocenters. The summed E-state index contributed by atoms with van der Waals surface area (Å²) in [5.74, 6) is -0.613. The van der Waals surface area contributed by atoms with Gasteiger partial charge in [0.2, 0.25) is 11.8 Å². The van der Waals surface area contributed by atoms with Crippen molar-refractivity contribution >= 4 is 22.7 Å². The maximum atomic E-state index is 13.7. The molecule has 1 aliphatic rings. The van der Waals surface area contributed by atoms with Gasteiger partial charge in [-0.15, -0.1) is 0 Å². The number of aryl methyl sites for hydroxylation is 2. The van der Waals surface area contributed by atoms with Crippen molar-refractivity contribution < 1.29 is 18.6 Å². The van der Waals surface area contributed by atoms with Crippen LogP contribution in [0.15, 0.2) is 22.8 Å². The van der Waals surface area contributed by atoms with Gasteiger partial charge in [-0.1, -0.05) is 10.3 Å². The highest BCUT2D eigenvalue weighted by molar-refractivity contribution is 5.90. The number of hydrogen-bond donors (Lipinski definition) is 2. The van der Waals surface area contributed by atoms with Gasteiger partial charge in [0.25, 0.3) is 0 Å². The summed E-state index contributed by atoms with van der Waals surface area (Å²) in [7, 11) is 1.86. The Kier molecular flexibility index (Phi) is 5.73. The van der Waals surface area contributed by atoms with Gasteiger partial charge in [-0.05, 0) is 44.7 Å². The third kappa shape index (κ3) is 4.29. The lowest BCUT2D eigenvalue weighted by atomic mass is 10.1. The van der Waals surface area contributed by atoms with Crippen molar-refractivity contribution in [3.8, 4) is 0 Å². The minimum atomic E-state index is -0.473. The molecule has 1 aromatic carbocycles. The van der Waals surface area contributed by atoms with Crippen LogP contribution in [-0.2, 0) is 22.6 Å². The quantitative estimate of drug-likeness (QED) is 0.635. The van der Waals surface area contributed by atoms with E-state index in [1.54, 1.807) is 17.9 Å². The zero-order chi connectivity index (χ0) is 22.1. The maximum absolute atomic E-state index is 13.7. The zero-order valence-corrected chi connectivity index (χ0v) is 17.7. The average molecular weight is 428 g/mol. The first-order valence-corrected chi connectivity index (χ1v) is 10.1. The fraction of sp³-hybridized carbons (Fsp3) is 0.429. The average Bonchev–Trinajstić information content (AvgIpc) is 3.29. The Morgan fingerprint density at radius 3 is 2.84 bits per heavy atom. The van der Waals surface area contributed by atoms with Crippen molar-refractivity contribution in [2.75, 3.05) is 26.7 Å². The van der Waals surface area contributed by atoms with Crippen LogP contribution in [0.5, 0.6) is 0 Å². The number of H-pyrrole nitrogens is 1. The second kappa shape index (κ2) is 8.46. The number of fused-ring (bicyclic) bond motifs is 1. The van der Waals surface area contributed by atoms with Crippen molar-refractivity contribution in [2.24, 2.45) is 0 Å². The fourth-order valence-corrected chi connectivity index (χ4v) is 3.93. The standard InChI is InChI=1S/C21H25FN6O3/c1-12-15(16-8-14(22)4-5-17(16)24-12)9-20(29)28-7-6-27(3)19(11-28)21(30)23-10-18-13(2)25-31-26-18/h4-5,8,19,24H,6-7,9-11H2,1-3H3,(H,23,30)/t19-/m1/s1. The lowest BCUT2D eigenvalue weighted by molar-refractivity contribution is -0.137. The fourth-order valence-electron chi connectivity index (χ4n) is 3.93. The van der Waals surface area contributed by atoms with E-state index < -0.39 is 6.04 Å². The van der Waals surface area contributed by atoms with Gasteiger partial charge in [0.1, 0.15) is 23.2 Å². The van der Waals surface area contributed by atoms with E-state index in [1.807, 2.05) is 18.9 Å². The minimum absolute atomic E-state index is 0.0873. The molecule has 2 aromatic heterocycles. The van der Waals surface area contributed by atoms with Crippen molar-refractivity contribution in [3.05, 3.63) is 46.7 Å². The summed E-state index contributed by atoms with van der Waals surface area (Å²) in [5.41, 5.74) is 3.62. The Balaban J connectivity index is 1.43. The molecule has 0 radical (unpaired) electrons. The van der Waals surface area contributed by atoms with Crippen LogP contribution < -0.4 is 5.32 Å². The molecule has 0 aliphatic carbocycles. The number of piperazine rings is 1. The number of aromatic amines is 1. The number of aromatic nitrogens is 3. The van der Waals surface area contributed by atoms with Gasteiger partial charge in [0.05, 0.1) is 13.0 Å². The number of nitrogens with one attached hydrogen (secondary N) is 2. The number of benzene rings is 1. The molecule has 0 bridgehead atoms. The van der Waals surface area contributed by atoms with Gasteiger partial charge in [-0.25, -0.2) is 9.02 Å². The Labute approximate surface area is 178 Å². The molecule has 3 heterocycles. The van der Waals surface area contributed by atoms with Crippen LogP contribution in [0.3, 0.4) is 0 Å². The van der Waals surface area contributed by atoms with E-state index in [9.17, 15) is 14.0 Å². The first kappa shape index (κ1) is 21.0. The highest BCUT2D eigenvalue weighted by Crippen LogP contribution is 2.24.